The SMILES string of the molecule is CSCCC(NC(=O)C(CCSC)NC(=O)C(CCCCN)NC(=O)C(N)C(C)O)C(=O)O. The van der Waals surface area contributed by atoms with Gasteiger partial charge in [0.2, 0.25) is 17.7 Å². The topological polar surface area (TPSA) is 197 Å². The van der Waals surface area contributed by atoms with E-state index in [9.17, 15) is 29.4 Å². The first-order valence-electron chi connectivity index (χ1n) is 10.8. The van der Waals surface area contributed by atoms with Crippen molar-refractivity contribution in [3.63, 3.8) is 0 Å². The second-order valence-corrected chi connectivity index (χ2v) is 9.61. The first-order chi connectivity index (χ1) is 15.6. The smallest absolute Gasteiger partial charge is 0.326 e. The molecule has 0 saturated carbocycles. The third kappa shape index (κ3) is 13.1. The number of thioether (sulfide) groups is 2. The van der Waals surface area contributed by atoms with Crippen molar-refractivity contribution in [3.8, 4) is 0 Å². The van der Waals surface area contributed by atoms with Crippen molar-refractivity contribution < 1.29 is 29.4 Å². The van der Waals surface area contributed by atoms with E-state index in [-0.39, 0.29) is 19.3 Å². The first-order valence-corrected chi connectivity index (χ1v) is 13.6. The van der Waals surface area contributed by atoms with E-state index in [2.05, 4.69) is 16.0 Å². The van der Waals surface area contributed by atoms with E-state index in [1.54, 1.807) is 0 Å². The third-order valence-corrected chi connectivity index (χ3v) is 6.16. The minimum absolute atomic E-state index is 0.250. The monoisotopic (exact) mass is 509 g/mol. The number of unbranched alkanes of at least 4 members (excludes halogenated alkanes) is 1. The van der Waals surface area contributed by atoms with Crippen LogP contribution in [-0.2, 0) is 19.2 Å². The summed E-state index contributed by atoms with van der Waals surface area (Å²) in [4.78, 5) is 49.6. The lowest BCUT2D eigenvalue weighted by molar-refractivity contribution is -0.142. The standard InChI is InChI=1S/C20H39N5O6S2/c1-12(26)16(22)19(29)24-13(6-4-5-9-21)17(27)23-14(7-10-32-2)18(28)25-15(20(30)31)8-11-33-3/h12-16,26H,4-11,21-22H2,1-3H3,(H,23,27)(H,24,29)(H,25,28)(H,30,31). The highest BCUT2D eigenvalue weighted by Gasteiger charge is 2.30. The maximum atomic E-state index is 13.0. The van der Waals surface area contributed by atoms with Crippen LogP contribution in [0.4, 0.5) is 0 Å². The number of aliphatic hydroxyl groups is 1. The zero-order valence-electron chi connectivity index (χ0n) is 19.5. The van der Waals surface area contributed by atoms with Crippen molar-refractivity contribution in [3.05, 3.63) is 0 Å². The van der Waals surface area contributed by atoms with Crippen molar-refractivity contribution in [1.82, 2.24) is 16.0 Å². The number of hydrogen-bond acceptors (Lipinski definition) is 9. The molecule has 11 nitrogen and oxygen atoms in total. The summed E-state index contributed by atoms with van der Waals surface area (Å²) in [6.45, 7) is 1.79. The van der Waals surface area contributed by atoms with Crippen molar-refractivity contribution in [1.29, 1.82) is 0 Å². The Morgan fingerprint density at radius 2 is 1.27 bits per heavy atom. The quantitative estimate of drug-likeness (QED) is 0.111. The van der Waals surface area contributed by atoms with E-state index in [1.807, 2.05) is 12.5 Å². The minimum Gasteiger partial charge on any atom is -0.480 e. The van der Waals surface area contributed by atoms with Crippen molar-refractivity contribution >= 4 is 47.2 Å². The number of amides is 3. The molecule has 33 heavy (non-hydrogen) atoms. The summed E-state index contributed by atoms with van der Waals surface area (Å²) in [5, 5.41) is 26.6. The minimum atomic E-state index is -1.21. The summed E-state index contributed by atoms with van der Waals surface area (Å²) < 4.78 is 0. The normalized spacial score (nSPS) is 15.6. The molecule has 0 aromatic heterocycles. The molecule has 192 valence electrons. The Morgan fingerprint density at radius 1 is 0.818 bits per heavy atom. The van der Waals surface area contributed by atoms with Crippen LogP contribution in [0.1, 0.15) is 39.0 Å². The number of nitrogens with two attached hydrogens (primary N) is 2. The molecule has 5 unspecified atom stereocenters. The Morgan fingerprint density at radius 3 is 1.73 bits per heavy atom. The van der Waals surface area contributed by atoms with E-state index < -0.39 is 54.0 Å². The summed E-state index contributed by atoms with van der Waals surface area (Å²) >= 11 is 2.94. The van der Waals surface area contributed by atoms with Gasteiger partial charge in [0.25, 0.3) is 0 Å². The van der Waals surface area contributed by atoms with Gasteiger partial charge in [-0.15, -0.1) is 0 Å². The highest BCUT2D eigenvalue weighted by molar-refractivity contribution is 7.98. The summed E-state index contributed by atoms with van der Waals surface area (Å²) in [5.74, 6) is -1.91. The predicted molar refractivity (Wildman–Crippen MR) is 132 cm³/mol. The van der Waals surface area contributed by atoms with Gasteiger partial charge >= 0.3 is 5.97 Å². The second-order valence-electron chi connectivity index (χ2n) is 7.64. The molecule has 0 bridgehead atoms. The lowest BCUT2D eigenvalue weighted by atomic mass is 10.1. The molecule has 0 aliphatic heterocycles. The molecule has 13 heteroatoms. The lowest BCUT2D eigenvalue weighted by Crippen LogP contribution is -2.58. The van der Waals surface area contributed by atoms with Crippen LogP contribution in [0.25, 0.3) is 0 Å². The predicted octanol–water partition coefficient (Wildman–Crippen LogP) is -1.13. The number of aliphatic carboxylic acids is 1. The molecule has 0 aliphatic carbocycles. The van der Waals surface area contributed by atoms with Crippen LogP contribution < -0.4 is 27.4 Å². The van der Waals surface area contributed by atoms with Crippen LogP contribution in [0.2, 0.25) is 0 Å². The van der Waals surface area contributed by atoms with Crippen molar-refractivity contribution in [2.24, 2.45) is 11.5 Å². The van der Waals surface area contributed by atoms with Gasteiger partial charge in [0.05, 0.1) is 6.10 Å². The van der Waals surface area contributed by atoms with Crippen LogP contribution in [0, 0.1) is 0 Å². The van der Waals surface area contributed by atoms with E-state index in [0.29, 0.717) is 30.9 Å². The lowest BCUT2D eigenvalue weighted by Gasteiger charge is -2.25. The number of aliphatic hydroxyl groups excluding tert-OH is 1. The van der Waals surface area contributed by atoms with E-state index in [4.69, 9.17) is 11.5 Å². The fraction of sp³-hybridized carbons (Fsp3) is 0.800. The van der Waals surface area contributed by atoms with Crippen LogP contribution in [-0.4, -0.2) is 94.7 Å². The van der Waals surface area contributed by atoms with Gasteiger partial charge in [0, 0.05) is 0 Å². The fourth-order valence-corrected chi connectivity index (χ4v) is 3.73. The Labute approximate surface area is 203 Å². The number of nitrogens with one attached hydrogen (secondary N) is 3. The highest BCUT2D eigenvalue weighted by Crippen LogP contribution is 2.07. The number of rotatable bonds is 18. The Hall–Kier alpha value is -1.54. The average Bonchev–Trinajstić information content (AvgIpc) is 2.77. The summed E-state index contributed by atoms with van der Waals surface area (Å²) in [6, 6.07) is -4.23. The summed E-state index contributed by atoms with van der Waals surface area (Å²) in [6.07, 6.45) is 4.57. The Balaban J connectivity index is 5.41. The molecule has 0 aromatic carbocycles. The second kappa shape index (κ2) is 17.9. The number of carboxylic acid groups (broad SMARTS) is 1. The highest BCUT2D eigenvalue weighted by atomic mass is 32.2. The zero-order chi connectivity index (χ0) is 25.4. The van der Waals surface area contributed by atoms with Gasteiger partial charge in [0.15, 0.2) is 0 Å². The molecule has 0 spiro atoms. The average molecular weight is 510 g/mol. The molecule has 0 aromatic rings. The number of carbonyl (C=O) groups is 4. The van der Waals surface area contributed by atoms with Gasteiger partial charge in [0.1, 0.15) is 24.2 Å². The van der Waals surface area contributed by atoms with Gasteiger partial charge in [-0.1, -0.05) is 0 Å². The van der Waals surface area contributed by atoms with E-state index in [0.717, 1.165) is 0 Å². The maximum Gasteiger partial charge on any atom is 0.326 e. The number of carbonyl (C=O) groups excluding carboxylic acids is 3. The first kappa shape index (κ1) is 31.5. The fourth-order valence-electron chi connectivity index (χ4n) is 2.79. The Kier molecular flexibility index (Phi) is 17.0. The number of hydrogen-bond donors (Lipinski definition) is 7. The van der Waals surface area contributed by atoms with Crippen LogP contribution in [0.5, 0.6) is 0 Å². The van der Waals surface area contributed by atoms with Crippen molar-refractivity contribution in [2.45, 2.75) is 69.3 Å². The molecule has 0 aliphatic rings. The summed E-state index contributed by atoms with van der Waals surface area (Å²) in [7, 11) is 0. The molecular formula is C20H39N5O6S2. The van der Waals surface area contributed by atoms with Gasteiger partial charge < -0.3 is 37.6 Å². The van der Waals surface area contributed by atoms with Crippen molar-refractivity contribution in [2.75, 3.05) is 30.6 Å². The molecule has 9 N–H and O–H groups in total. The van der Waals surface area contributed by atoms with Gasteiger partial charge in [-0.3, -0.25) is 14.4 Å². The van der Waals surface area contributed by atoms with Gasteiger partial charge in [-0.05, 0) is 69.6 Å². The molecule has 0 radical (unpaired) electrons. The molecule has 3 amide bonds. The molecule has 0 heterocycles. The van der Waals surface area contributed by atoms with Gasteiger partial charge in [-0.2, -0.15) is 23.5 Å². The maximum absolute atomic E-state index is 13.0. The molecular weight excluding hydrogens is 470 g/mol. The molecule has 0 rings (SSSR count). The zero-order valence-corrected chi connectivity index (χ0v) is 21.2. The van der Waals surface area contributed by atoms with Crippen LogP contribution >= 0.6 is 23.5 Å². The molecule has 5 atom stereocenters. The van der Waals surface area contributed by atoms with Crippen LogP contribution in [0.3, 0.4) is 0 Å². The Bertz CT molecular complexity index is 626. The third-order valence-electron chi connectivity index (χ3n) is 4.87. The van der Waals surface area contributed by atoms with E-state index in [1.165, 1.54) is 30.4 Å². The van der Waals surface area contributed by atoms with Gasteiger partial charge in [-0.25, -0.2) is 4.79 Å². The van der Waals surface area contributed by atoms with E-state index >= 15 is 0 Å². The molecule has 0 fully saturated rings. The molecule has 0 saturated heterocycles. The largest absolute Gasteiger partial charge is 0.480 e. The van der Waals surface area contributed by atoms with Crippen LogP contribution in [0.15, 0.2) is 0 Å². The number of carboxylic acids is 1. The summed E-state index contributed by atoms with van der Waals surface area (Å²) in [5.41, 5.74) is 11.2.